The first-order chi connectivity index (χ1) is 8.22. The van der Waals surface area contributed by atoms with Crippen LogP contribution in [0.25, 0.3) is 5.65 Å². The van der Waals surface area contributed by atoms with Gasteiger partial charge in [0.05, 0.1) is 0 Å². The molecule has 1 N–H and O–H groups in total. The van der Waals surface area contributed by atoms with E-state index < -0.39 is 0 Å². The van der Waals surface area contributed by atoms with E-state index in [2.05, 4.69) is 36.2 Å². The highest BCUT2D eigenvalue weighted by Gasteiger charge is 2.06. The molecule has 2 aromatic rings. The van der Waals surface area contributed by atoms with Gasteiger partial charge in [0.25, 0.3) is 0 Å². The molecule has 0 unspecified atom stereocenters. The Morgan fingerprint density at radius 2 is 2.12 bits per heavy atom. The van der Waals surface area contributed by atoms with Crippen molar-refractivity contribution >= 4 is 11.6 Å². The monoisotopic (exact) mass is 232 g/mol. The van der Waals surface area contributed by atoms with E-state index in [0.29, 0.717) is 5.92 Å². The van der Waals surface area contributed by atoms with Gasteiger partial charge in [0.15, 0.2) is 5.65 Å². The van der Waals surface area contributed by atoms with E-state index in [1.54, 1.807) is 0 Å². The largest absolute Gasteiger partial charge is 0.353 e. The van der Waals surface area contributed by atoms with E-state index in [1.807, 2.05) is 22.8 Å². The number of aryl methyl sites for hydroxylation is 1. The zero-order valence-electron chi connectivity index (χ0n) is 10.8. The van der Waals surface area contributed by atoms with Gasteiger partial charge in [0.2, 0.25) is 5.95 Å². The van der Waals surface area contributed by atoms with Crippen molar-refractivity contribution in [3.05, 3.63) is 23.9 Å². The Hall–Kier alpha value is -1.58. The van der Waals surface area contributed by atoms with E-state index in [0.717, 1.165) is 18.1 Å². The van der Waals surface area contributed by atoms with Crippen LogP contribution in [0.1, 0.15) is 32.3 Å². The van der Waals surface area contributed by atoms with Crippen LogP contribution < -0.4 is 5.32 Å². The zero-order chi connectivity index (χ0) is 12.3. The predicted molar refractivity (Wildman–Crippen MR) is 70.3 cm³/mol. The molecule has 0 saturated carbocycles. The number of fused-ring (bicyclic) bond motifs is 1. The molecule has 0 aliphatic rings. The molecule has 0 amide bonds. The minimum Gasteiger partial charge on any atom is -0.353 e. The first-order valence-corrected chi connectivity index (χ1v) is 6.29. The van der Waals surface area contributed by atoms with E-state index in [1.165, 1.54) is 18.4 Å². The maximum absolute atomic E-state index is 4.45. The molecule has 2 heterocycles. The normalized spacial score (nSPS) is 11.3. The quantitative estimate of drug-likeness (QED) is 0.862. The number of hydrogen-bond donors (Lipinski definition) is 1. The van der Waals surface area contributed by atoms with Crippen LogP contribution >= 0.6 is 0 Å². The lowest BCUT2D eigenvalue weighted by atomic mass is 10.0. The van der Waals surface area contributed by atoms with Crippen LogP contribution in [-0.4, -0.2) is 21.1 Å². The second-order valence-corrected chi connectivity index (χ2v) is 4.51. The molecular weight excluding hydrogens is 212 g/mol. The van der Waals surface area contributed by atoms with Gasteiger partial charge in [0.1, 0.15) is 0 Å². The third-order valence-electron chi connectivity index (χ3n) is 3.20. The van der Waals surface area contributed by atoms with Gasteiger partial charge in [-0.25, -0.2) is 4.52 Å². The summed E-state index contributed by atoms with van der Waals surface area (Å²) in [5.41, 5.74) is 2.11. The summed E-state index contributed by atoms with van der Waals surface area (Å²) in [5.74, 6) is 1.42. The molecule has 0 bridgehead atoms. The third-order valence-corrected chi connectivity index (χ3v) is 3.20. The topological polar surface area (TPSA) is 42.2 Å². The van der Waals surface area contributed by atoms with Crippen LogP contribution in [0, 0.1) is 12.8 Å². The maximum atomic E-state index is 4.45. The summed E-state index contributed by atoms with van der Waals surface area (Å²) in [4.78, 5) is 4.45. The molecule has 0 aliphatic heterocycles. The van der Waals surface area contributed by atoms with E-state index in [-0.39, 0.29) is 0 Å². The summed E-state index contributed by atoms with van der Waals surface area (Å²) in [6.07, 6.45) is 4.33. The van der Waals surface area contributed by atoms with Crippen molar-refractivity contribution < 1.29 is 0 Å². The minimum atomic E-state index is 0.698. The highest BCUT2D eigenvalue weighted by molar-refractivity contribution is 5.45. The van der Waals surface area contributed by atoms with E-state index in [4.69, 9.17) is 0 Å². The van der Waals surface area contributed by atoms with Gasteiger partial charge >= 0.3 is 0 Å². The zero-order valence-corrected chi connectivity index (χ0v) is 10.8. The molecule has 4 heteroatoms. The van der Waals surface area contributed by atoms with Gasteiger partial charge in [-0.3, -0.25) is 0 Å². The number of aromatic nitrogens is 3. The average molecular weight is 232 g/mol. The van der Waals surface area contributed by atoms with Crippen molar-refractivity contribution in [1.29, 1.82) is 0 Å². The number of anilines is 1. The second kappa shape index (κ2) is 5.17. The lowest BCUT2D eigenvalue weighted by Gasteiger charge is -2.11. The van der Waals surface area contributed by atoms with E-state index in [9.17, 15) is 0 Å². The molecule has 0 aromatic carbocycles. The fraction of sp³-hybridized carbons (Fsp3) is 0.538. The van der Waals surface area contributed by atoms with Crippen LogP contribution in [0.2, 0.25) is 0 Å². The molecule has 2 rings (SSSR count). The molecule has 0 saturated heterocycles. The Kier molecular flexibility index (Phi) is 3.61. The highest BCUT2D eigenvalue weighted by Crippen LogP contribution is 2.10. The second-order valence-electron chi connectivity index (χ2n) is 4.51. The molecule has 0 radical (unpaired) electrons. The van der Waals surface area contributed by atoms with Gasteiger partial charge < -0.3 is 5.32 Å². The predicted octanol–water partition coefficient (Wildman–Crippen LogP) is 2.89. The van der Waals surface area contributed by atoms with Crippen molar-refractivity contribution in [2.24, 2.45) is 5.92 Å². The SMILES string of the molecule is CCC(CC)CNc1nc2cc(C)ccn2n1. The lowest BCUT2D eigenvalue weighted by Crippen LogP contribution is -2.13. The summed E-state index contributed by atoms with van der Waals surface area (Å²) < 4.78 is 1.81. The fourth-order valence-corrected chi connectivity index (χ4v) is 1.87. The first-order valence-electron chi connectivity index (χ1n) is 6.29. The van der Waals surface area contributed by atoms with Gasteiger partial charge in [-0.15, -0.1) is 5.10 Å². The summed E-state index contributed by atoms with van der Waals surface area (Å²) in [6, 6.07) is 4.07. The smallest absolute Gasteiger partial charge is 0.243 e. The van der Waals surface area contributed by atoms with Crippen molar-refractivity contribution in [3.8, 4) is 0 Å². The van der Waals surface area contributed by atoms with Crippen molar-refractivity contribution in [3.63, 3.8) is 0 Å². The third kappa shape index (κ3) is 2.75. The van der Waals surface area contributed by atoms with Gasteiger partial charge in [-0.05, 0) is 30.5 Å². The summed E-state index contributed by atoms with van der Waals surface area (Å²) >= 11 is 0. The number of nitrogens with zero attached hydrogens (tertiary/aromatic N) is 3. The highest BCUT2D eigenvalue weighted by atomic mass is 15.3. The van der Waals surface area contributed by atoms with Crippen LogP contribution in [0.15, 0.2) is 18.3 Å². The van der Waals surface area contributed by atoms with Crippen LogP contribution in [0.3, 0.4) is 0 Å². The van der Waals surface area contributed by atoms with Crippen molar-refractivity contribution in [1.82, 2.24) is 14.6 Å². The fourth-order valence-electron chi connectivity index (χ4n) is 1.87. The Morgan fingerprint density at radius 3 is 2.82 bits per heavy atom. The molecule has 0 spiro atoms. The summed E-state index contributed by atoms with van der Waals surface area (Å²) in [7, 11) is 0. The summed E-state index contributed by atoms with van der Waals surface area (Å²) in [5, 5.41) is 7.70. The summed E-state index contributed by atoms with van der Waals surface area (Å²) in [6.45, 7) is 7.45. The van der Waals surface area contributed by atoms with Gasteiger partial charge in [0, 0.05) is 12.7 Å². The number of hydrogen-bond acceptors (Lipinski definition) is 3. The van der Waals surface area contributed by atoms with Crippen LogP contribution in [-0.2, 0) is 0 Å². The van der Waals surface area contributed by atoms with Crippen LogP contribution in [0.4, 0.5) is 5.95 Å². The van der Waals surface area contributed by atoms with E-state index >= 15 is 0 Å². The van der Waals surface area contributed by atoms with Crippen LogP contribution in [0.5, 0.6) is 0 Å². The number of pyridine rings is 1. The molecule has 0 fully saturated rings. The van der Waals surface area contributed by atoms with Crippen molar-refractivity contribution in [2.75, 3.05) is 11.9 Å². The molecule has 17 heavy (non-hydrogen) atoms. The lowest BCUT2D eigenvalue weighted by molar-refractivity contribution is 0.517. The molecule has 92 valence electrons. The Morgan fingerprint density at radius 1 is 1.35 bits per heavy atom. The standard InChI is InChI=1S/C13H20N4/c1-4-11(5-2)9-14-13-15-12-8-10(3)6-7-17(12)16-13/h6-8,11H,4-5,9H2,1-3H3,(H,14,16). The molecular formula is C13H20N4. The Bertz CT molecular complexity index is 485. The number of rotatable bonds is 5. The minimum absolute atomic E-state index is 0.698. The molecule has 0 aliphatic carbocycles. The molecule has 4 nitrogen and oxygen atoms in total. The first kappa shape index (κ1) is 11.9. The molecule has 2 aromatic heterocycles. The average Bonchev–Trinajstić information content (AvgIpc) is 2.72. The van der Waals surface area contributed by atoms with Crippen molar-refractivity contribution in [2.45, 2.75) is 33.6 Å². The Labute approximate surface area is 102 Å². The number of nitrogens with one attached hydrogen (secondary N) is 1. The Balaban J connectivity index is 2.09. The maximum Gasteiger partial charge on any atom is 0.243 e. The molecule has 0 atom stereocenters. The van der Waals surface area contributed by atoms with Gasteiger partial charge in [-0.1, -0.05) is 26.7 Å². The van der Waals surface area contributed by atoms with Gasteiger partial charge in [-0.2, -0.15) is 4.98 Å².